The fourth-order valence-corrected chi connectivity index (χ4v) is 2.95. The molecule has 0 aliphatic carbocycles. The zero-order valence-electron chi connectivity index (χ0n) is 12.1. The van der Waals surface area contributed by atoms with Gasteiger partial charge < -0.3 is 5.32 Å². The summed E-state index contributed by atoms with van der Waals surface area (Å²) in [6.45, 7) is 0. The monoisotopic (exact) mass is 369 g/mol. The molecule has 120 valence electrons. The molecule has 0 fully saturated rings. The summed E-state index contributed by atoms with van der Waals surface area (Å²) in [6, 6.07) is 11.0. The number of benzene rings is 2. The van der Waals surface area contributed by atoms with E-state index in [-0.39, 0.29) is 10.8 Å². The lowest BCUT2D eigenvalue weighted by molar-refractivity contribution is -0.111. The van der Waals surface area contributed by atoms with E-state index in [1.807, 2.05) is 0 Å². The smallest absolute Gasteiger partial charge is 0.248 e. The number of sulfone groups is 1. The van der Waals surface area contributed by atoms with Gasteiger partial charge in [0.1, 0.15) is 0 Å². The molecule has 23 heavy (non-hydrogen) atoms. The molecule has 1 N–H and O–H groups in total. The summed E-state index contributed by atoms with van der Waals surface area (Å²) in [7, 11) is -3.26. The van der Waals surface area contributed by atoms with Crippen molar-refractivity contribution in [3.05, 3.63) is 64.1 Å². The van der Waals surface area contributed by atoms with E-state index >= 15 is 0 Å². The molecule has 1 amide bonds. The van der Waals surface area contributed by atoms with Crippen molar-refractivity contribution in [1.82, 2.24) is 0 Å². The van der Waals surface area contributed by atoms with Crippen molar-refractivity contribution in [3.63, 3.8) is 0 Å². The van der Waals surface area contributed by atoms with Gasteiger partial charge in [0.15, 0.2) is 9.84 Å². The predicted molar refractivity (Wildman–Crippen MR) is 93.7 cm³/mol. The van der Waals surface area contributed by atoms with E-state index < -0.39 is 9.84 Å². The van der Waals surface area contributed by atoms with Gasteiger partial charge in [-0.1, -0.05) is 29.3 Å². The van der Waals surface area contributed by atoms with Gasteiger partial charge in [0.05, 0.1) is 4.90 Å². The summed E-state index contributed by atoms with van der Waals surface area (Å²) in [5, 5.41) is 3.51. The summed E-state index contributed by atoms with van der Waals surface area (Å²) >= 11 is 12.0. The van der Waals surface area contributed by atoms with E-state index in [0.717, 1.165) is 6.26 Å². The molecular formula is C16H13Cl2NO3S. The van der Waals surface area contributed by atoms with Gasteiger partial charge in [0, 0.05) is 33.6 Å². The lowest BCUT2D eigenvalue weighted by Crippen LogP contribution is -2.08. The fraction of sp³-hybridized carbons (Fsp3) is 0.0625. The number of carbonyl (C=O) groups is 1. The third-order valence-corrected chi connectivity index (χ3v) is 4.74. The highest BCUT2D eigenvalue weighted by Gasteiger charge is 2.07. The maximum Gasteiger partial charge on any atom is 0.248 e. The minimum Gasteiger partial charge on any atom is -0.323 e. The quantitative estimate of drug-likeness (QED) is 0.826. The number of hydrogen-bond acceptors (Lipinski definition) is 3. The molecular weight excluding hydrogens is 357 g/mol. The molecule has 4 nitrogen and oxygen atoms in total. The molecule has 0 bridgehead atoms. The standard InChI is InChI=1S/C16H13Cl2NO3S/c1-23(21,22)12-7-5-11(6-8-12)19-16(20)10-9-13-14(17)3-2-4-15(13)18/h2-10H,1H3,(H,19,20)/b10-9+. The molecule has 2 aromatic rings. The van der Waals surface area contributed by atoms with Gasteiger partial charge in [0.25, 0.3) is 0 Å². The fourth-order valence-electron chi connectivity index (χ4n) is 1.80. The van der Waals surface area contributed by atoms with Gasteiger partial charge in [-0.15, -0.1) is 0 Å². The maximum atomic E-state index is 11.9. The minimum absolute atomic E-state index is 0.189. The third-order valence-electron chi connectivity index (χ3n) is 2.95. The Morgan fingerprint density at radius 2 is 1.61 bits per heavy atom. The van der Waals surface area contributed by atoms with Crippen molar-refractivity contribution in [2.24, 2.45) is 0 Å². The molecule has 0 atom stereocenters. The number of rotatable bonds is 4. The maximum absolute atomic E-state index is 11.9. The number of carbonyl (C=O) groups excluding carboxylic acids is 1. The van der Waals surface area contributed by atoms with E-state index in [0.29, 0.717) is 21.3 Å². The van der Waals surface area contributed by atoms with E-state index in [2.05, 4.69) is 5.32 Å². The zero-order valence-corrected chi connectivity index (χ0v) is 14.4. The Balaban J connectivity index is 2.09. The molecule has 0 spiro atoms. The van der Waals surface area contributed by atoms with Crippen molar-refractivity contribution in [2.75, 3.05) is 11.6 Å². The van der Waals surface area contributed by atoms with E-state index in [4.69, 9.17) is 23.2 Å². The van der Waals surface area contributed by atoms with Crippen LogP contribution in [0.4, 0.5) is 5.69 Å². The molecule has 0 saturated carbocycles. The van der Waals surface area contributed by atoms with E-state index in [9.17, 15) is 13.2 Å². The number of amides is 1. The zero-order chi connectivity index (χ0) is 17.0. The number of hydrogen-bond donors (Lipinski definition) is 1. The van der Waals surface area contributed by atoms with Crippen LogP contribution in [0.25, 0.3) is 6.08 Å². The van der Waals surface area contributed by atoms with Crippen molar-refractivity contribution < 1.29 is 13.2 Å². The van der Waals surface area contributed by atoms with Crippen molar-refractivity contribution in [1.29, 1.82) is 0 Å². The molecule has 0 aliphatic rings. The Bertz CT molecular complexity index is 839. The van der Waals surface area contributed by atoms with Crippen LogP contribution in [-0.4, -0.2) is 20.6 Å². The molecule has 0 aliphatic heterocycles. The largest absolute Gasteiger partial charge is 0.323 e. The Labute approximate surface area is 144 Å². The van der Waals surface area contributed by atoms with Crippen LogP contribution in [0.5, 0.6) is 0 Å². The Hall–Kier alpha value is -1.82. The number of halogens is 2. The highest BCUT2D eigenvalue weighted by Crippen LogP contribution is 2.25. The van der Waals surface area contributed by atoms with Gasteiger partial charge in [0.2, 0.25) is 5.91 Å². The van der Waals surface area contributed by atoms with E-state index in [1.54, 1.807) is 18.2 Å². The normalized spacial score (nSPS) is 11.6. The summed E-state index contributed by atoms with van der Waals surface area (Å²) in [5.41, 5.74) is 1.04. The average Bonchev–Trinajstić information content (AvgIpc) is 2.46. The molecule has 0 unspecified atom stereocenters. The molecule has 0 heterocycles. The first-order valence-corrected chi connectivity index (χ1v) is 9.15. The van der Waals surface area contributed by atoms with Gasteiger partial charge in [-0.3, -0.25) is 4.79 Å². The van der Waals surface area contributed by atoms with Gasteiger partial charge in [-0.2, -0.15) is 0 Å². The van der Waals surface area contributed by atoms with Gasteiger partial charge >= 0.3 is 0 Å². The third kappa shape index (κ3) is 4.82. The van der Waals surface area contributed by atoms with Crippen molar-refractivity contribution in [2.45, 2.75) is 4.90 Å². The van der Waals surface area contributed by atoms with Crippen molar-refractivity contribution in [3.8, 4) is 0 Å². The van der Waals surface area contributed by atoms with Gasteiger partial charge in [-0.05, 0) is 42.5 Å². The van der Waals surface area contributed by atoms with Gasteiger partial charge in [-0.25, -0.2) is 8.42 Å². The molecule has 0 radical (unpaired) electrons. The SMILES string of the molecule is CS(=O)(=O)c1ccc(NC(=O)/C=C/c2c(Cl)cccc2Cl)cc1. The average molecular weight is 370 g/mol. The predicted octanol–water partition coefficient (Wildman–Crippen LogP) is 4.05. The number of anilines is 1. The second-order valence-corrected chi connectivity index (χ2v) is 7.58. The van der Waals surface area contributed by atoms with Crippen LogP contribution in [0, 0.1) is 0 Å². The van der Waals surface area contributed by atoms with Crippen LogP contribution in [-0.2, 0) is 14.6 Å². The first-order valence-electron chi connectivity index (χ1n) is 6.50. The highest BCUT2D eigenvalue weighted by molar-refractivity contribution is 7.90. The van der Waals surface area contributed by atoms with Crippen LogP contribution >= 0.6 is 23.2 Å². The first-order chi connectivity index (χ1) is 10.8. The molecule has 0 aromatic heterocycles. The lowest BCUT2D eigenvalue weighted by Gasteiger charge is -2.04. The second kappa shape index (κ2) is 7.17. The topological polar surface area (TPSA) is 63.2 Å². The lowest BCUT2D eigenvalue weighted by atomic mass is 10.2. The van der Waals surface area contributed by atoms with Crippen LogP contribution in [0.3, 0.4) is 0 Å². The van der Waals surface area contributed by atoms with Crippen LogP contribution in [0.2, 0.25) is 10.0 Å². The van der Waals surface area contributed by atoms with Crippen LogP contribution < -0.4 is 5.32 Å². The summed E-state index contributed by atoms with van der Waals surface area (Å²) in [5.74, 6) is -0.381. The molecule has 7 heteroatoms. The van der Waals surface area contributed by atoms with Crippen LogP contribution in [0.15, 0.2) is 53.4 Å². The first kappa shape index (κ1) is 17.5. The van der Waals surface area contributed by atoms with E-state index in [1.165, 1.54) is 36.4 Å². The minimum atomic E-state index is -3.26. The van der Waals surface area contributed by atoms with Crippen LogP contribution in [0.1, 0.15) is 5.56 Å². The summed E-state index contributed by atoms with van der Waals surface area (Å²) in [6.07, 6.45) is 3.94. The summed E-state index contributed by atoms with van der Waals surface area (Å²) in [4.78, 5) is 12.1. The summed E-state index contributed by atoms with van der Waals surface area (Å²) < 4.78 is 22.7. The Morgan fingerprint density at radius 3 is 2.13 bits per heavy atom. The van der Waals surface area contributed by atoms with Crippen molar-refractivity contribution >= 4 is 50.7 Å². The Kier molecular flexibility index (Phi) is 5.46. The molecule has 2 rings (SSSR count). The molecule has 2 aromatic carbocycles. The highest BCUT2D eigenvalue weighted by atomic mass is 35.5. The number of nitrogens with one attached hydrogen (secondary N) is 1. The second-order valence-electron chi connectivity index (χ2n) is 4.75. The Morgan fingerprint density at radius 1 is 1.04 bits per heavy atom. The molecule has 0 saturated heterocycles.